The van der Waals surface area contributed by atoms with Crippen molar-refractivity contribution in [3.05, 3.63) is 214 Å². The minimum absolute atomic E-state index is 0.0502. The second kappa shape index (κ2) is 42.4. The maximum absolute atomic E-state index is 13.2. The summed E-state index contributed by atoms with van der Waals surface area (Å²) in [5.41, 5.74) is 45.1. The number of amides is 6. The molecule has 3 fully saturated rings. The summed E-state index contributed by atoms with van der Waals surface area (Å²) in [5, 5.41) is 8.10. The Morgan fingerprint density at radius 3 is 1.04 bits per heavy atom. The van der Waals surface area contributed by atoms with Crippen LogP contribution in [0, 0.1) is 12.8 Å². The number of nitrogens with one attached hydrogen (secondary N) is 3. The Kier molecular flexibility index (Phi) is 33.7. The van der Waals surface area contributed by atoms with E-state index >= 15 is 0 Å². The number of halogens is 6. The van der Waals surface area contributed by atoms with Crippen molar-refractivity contribution in [1.82, 2.24) is 30.7 Å². The number of hydrogen-bond acceptors (Lipinski definition) is 16. The molecule has 588 valence electrons. The molecule has 6 aromatic rings. The van der Waals surface area contributed by atoms with Crippen molar-refractivity contribution in [3.63, 3.8) is 0 Å². The molecule has 3 heterocycles. The van der Waals surface area contributed by atoms with Crippen molar-refractivity contribution in [2.24, 2.45) is 46.1 Å². The van der Waals surface area contributed by atoms with Crippen molar-refractivity contribution in [3.8, 4) is 0 Å². The van der Waals surface area contributed by atoms with Crippen LogP contribution in [-0.2, 0) is 94.0 Å². The van der Waals surface area contributed by atoms with Gasteiger partial charge in [0.15, 0.2) is 17.3 Å². The van der Waals surface area contributed by atoms with E-state index in [1.54, 1.807) is 9.80 Å². The summed E-state index contributed by atoms with van der Waals surface area (Å²) in [6.07, 6.45) is -4.58. The Labute approximate surface area is 632 Å². The molecule has 28 heteroatoms. The predicted molar refractivity (Wildman–Crippen MR) is 403 cm³/mol. The molecule has 3 saturated heterocycles. The maximum Gasteiger partial charge on any atom is 0.416 e. The van der Waals surface area contributed by atoms with E-state index in [9.17, 15) is 69.5 Å². The molecule has 3 aliphatic heterocycles. The Morgan fingerprint density at radius 2 is 0.716 bits per heavy atom. The van der Waals surface area contributed by atoms with Gasteiger partial charge in [0.25, 0.3) is 0 Å². The number of ketones is 3. The van der Waals surface area contributed by atoms with Crippen LogP contribution in [0.1, 0.15) is 114 Å². The first-order valence-corrected chi connectivity index (χ1v) is 36.9. The van der Waals surface area contributed by atoms with Crippen LogP contribution >= 0.6 is 0 Å². The molecule has 0 unspecified atom stereocenters. The normalized spacial score (nSPS) is 17.2. The minimum Gasteiger partial charge on any atom is -0.345 e. The summed E-state index contributed by atoms with van der Waals surface area (Å²) < 4.78 is 78.6. The van der Waals surface area contributed by atoms with Gasteiger partial charge in [-0.05, 0) is 129 Å². The van der Waals surface area contributed by atoms with Gasteiger partial charge in [-0.2, -0.15) is 26.3 Å². The maximum atomic E-state index is 13.2. The molecule has 109 heavy (non-hydrogen) atoms. The average Bonchev–Trinajstić information content (AvgIpc) is 1.84. The monoisotopic (exact) mass is 1520 g/mol. The van der Waals surface area contributed by atoms with Gasteiger partial charge in [-0.3, -0.25) is 43.2 Å². The first-order chi connectivity index (χ1) is 51.8. The fraction of sp³-hybridized carbons (Fsp3) is 0.444. The molecule has 9 rings (SSSR count). The topological polar surface area (TPSA) is 382 Å². The Hall–Kier alpha value is -9.55. The van der Waals surface area contributed by atoms with Gasteiger partial charge >= 0.3 is 12.4 Å². The summed E-state index contributed by atoms with van der Waals surface area (Å²) in [6, 6.07) is 38.8. The summed E-state index contributed by atoms with van der Waals surface area (Å²) in [7, 11) is 0. The molecule has 0 aliphatic carbocycles. The smallest absolute Gasteiger partial charge is 0.345 e. The van der Waals surface area contributed by atoms with E-state index in [0.29, 0.717) is 90.3 Å². The van der Waals surface area contributed by atoms with Gasteiger partial charge in [0, 0.05) is 76.7 Å². The predicted octanol–water partition coefficient (Wildman–Crippen LogP) is 5.89. The van der Waals surface area contributed by atoms with Crippen LogP contribution < -0.4 is 56.1 Å². The second-order valence-corrected chi connectivity index (χ2v) is 28.4. The number of piperidine rings is 2. The van der Waals surface area contributed by atoms with E-state index in [-0.39, 0.29) is 104 Å². The van der Waals surface area contributed by atoms with Crippen molar-refractivity contribution < 1.29 is 69.5 Å². The molecule has 6 aromatic carbocycles. The highest BCUT2D eigenvalue weighted by atomic mass is 19.4. The fourth-order valence-electron chi connectivity index (χ4n) is 13.0. The molecule has 0 radical (unpaired) electrons. The van der Waals surface area contributed by atoms with Crippen molar-refractivity contribution in [2.75, 3.05) is 45.8 Å². The van der Waals surface area contributed by atoms with E-state index in [1.807, 2.05) is 122 Å². The Morgan fingerprint density at radius 1 is 0.413 bits per heavy atom. The largest absolute Gasteiger partial charge is 0.416 e. The van der Waals surface area contributed by atoms with Crippen molar-refractivity contribution in [2.45, 2.75) is 176 Å². The van der Waals surface area contributed by atoms with Crippen LogP contribution in [0.15, 0.2) is 164 Å². The molecule has 22 nitrogen and oxygen atoms in total. The Balaban J connectivity index is 0.000000228. The van der Waals surface area contributed by atoms with Gasteiger partial charge in [-0.1, -0.05) is 157 Å². The van der Waals surface area contributed by atoms with Gasteiger partial charge < -0.3 is 70.8 Å². The lowest BCUT2D eigenvalue weighted by Crippen LogP contribution is -2.51. The third kappa shape index (κ3) is 29.1. The first-order valence-electron chi connectivity index (χ1n) is 36.9. The number of nitrogens with zero attached hydrogens (tertiary/aromatic N) is 3. The van der Waals surface area contributed by atoms with Gasteiger partial charge in [0.2, 0.25) is 35.4 Å². The number of carbonyl (C=O) groups excluding carboxylic acids is 9. The van der Waals surface area contributed by atoms with Crippen LogP contribution in [0.5, 0.6) is 0 Å². The third-order valence-electron chi connectivity index (χ3n) is 19.7. The summed E-state index contributed by atoms with van der Waals surface area (Å²) in [5.74, 6) is -3.17. The number of alkyl halides is 6. The highest BCUT2D eigenvalue weighted by Crippen LogP contribution is 2.31. The lowest BCUT2D eigenvalue weighted by Gasteiger charge is -2.32. The highest BCUT2D eigenvalue weighted by molar-refractivity contribution is 5.96. The highest BCUT2D eigenvalue weighted by Gasteiger charge is 2.36. The van der Waals surface area contributed by atoms with E-state index in [2.05, 4.69) is 16.0 Å². The second-order valence-electron chi connectivity index (χ2n) is 28.4. The number of rotatable bonds is 31. The molecule has 17 N–H and O–H groups in total. The molecule has 0 bridgehead atoms. The van der Waals surface area contributed by atoms with Crippen LogP contribution in [0.25, 0.3) is 0 Å². The lowest BCUT2D eigenvalue weighted by atomic mass is 9.96. The first kappa shape index (κ1) is 86.7. The average molecular weight is 1520 g/mol. The number of nitrogens with two attached hydrogens (primary N) is 7. The summed E-state index contributed by atoms with van der Waals surface area (Å²) in [6.45, 7) is 5.37. The molecule has 6 amide bonds. The fourth-order valence-corrected chi connectivity index (χ4v) is 13.0. The number of likely N-dealkylation sites (tertiary alicyclic amines) is 3. The van der Waals surface area contributed by atoms with E-state index in [1.165, 1.54) is 29.2 Å². The molecule has 0 aromatic heterocycles. The van der Waals surface area contributed by atoms with E-state index in [4.69, 9.17) is 40.1 Å². The quantitative estimate of drug-likeness (QED) is 0.0227. The molecule has 0 saturated carbocycles. The number of benzene rings is 6. The van der Waals surface area contributed by atoms with Gasteiger partial charge in [-0.25, -0.2) is 0 Å². The molecule has 8 atom stereocenters. The molecular formula is C81H103F6N13O9. The van der Waals surface area contributed by atoms with Crippen LogP contribution in [-0.4, -0.2) is 168 Å². The zero-order chi connectivity index (χ0) is 79.4. The molecule has 3 aliphatic rings. The standard InChI is InChI=1S/C28H35F3N4O3.C27H33F3N4O3.C26H35N5O3/c29-28(30,31)22-8-4-7-21(15-22)16-25(36)24(10-9-19-5-2-1-3-6-19)34-27(38)23(33)17-26(37)35-13-11-20(18-32)12-14-35;28-27(29,30)20-8-4-7-19(15-20)16-24(35)23(10-9-18-5-2-1-3-6-18)33-26(37)22(32)17-25(36)34-13-11-21(31)12-14-34;1-17-6-5-9-19(12-17)13-24(32)23(11-10-18-7-3-2-4-8-18)30-26(34)20(27)14-25(33)31-15-21(28)22(29)16-31/h1-8,15,20,23-24H,9-14,16-18,32-33H2,(H,34,38);1-8,15,21-23H,9-14,16-17,31-32H2,(H,33,37);2-9,12,20-23H,10-11,13-16,27-29H2,1H3,(H,30,34)/t23-,24-;22-,23-;20-,21-,22+,23-/m000/s1. The molecule has 0 spiro atoms. The van der Waals surface area contributed by atoms with Gasteiger partial charge in [0.1, 0.15) is 0 Å². The van der Waals surface area contributed by atoms with Crippen LogP contribution in [0.2, 0.25) is 0 Å². The number of Topliss-reactive ketones (excluding diaryl/α,β-unsaturated/α-hetero) is 3. The number of hydrogen-bond donors (Lipinski definition) is 10. The minimum atomic E-state index is -4.53. The summed E-state index contributed by atoms with van der Waals surface area (Å²) >= 11 is 0. The van der Waals surface area contributed by atoms with Crippen LogP contribution in [0.3, 0.4) is 0 Å². The van der Waals surface area contributed by atoms with Gasteiger partial charge in [0.05, 0.1) is 66.6 Å². The van der Waals surface area contributed by atoms with E-state index < -0.39 is 89.0 Å². The van der Waals surface area contributed by atoms with Crippen LogP contribution in [0.4, 0.5) is 26.3 Å². The zero-order valence-corrected chi connectivity index (χ0v) is 61.5. The number of aryl methyl sites for hydroxylation is 4. The SMILES string of the molecule is Cc1cccc(CC(=O)[C@H](CCc2ccccc2)NC(=O)[C@@H](N)CC(=O)N2C[C@@H](N)[C@@H](N)C2)c1.NC1CCN(C(=O)C[C@H](N)C(=O)N[C@@H](CCc2ccccc2)C(=O)Cc2cccc(C(F)(F)F)c2)CC1.NCC1CCN(C(=O)C[C@H](N)C(=O)N[C@@H](CCc2ccccc2)C(=O)Cc2cccc(C(F)(F)F)c2)CC1. The number of carbonyl (C=O) groups is 9. The van der Waals surface area contributed by atoms with E-state index in [0.717, 1.165) is 64.9 Å². The summed E-state index contributed by atoms with van der Waals surface area (Å²) in [4.78, 5) is 121. The van der Waals surface area contributed by atoms with Crippen molar-refractivity contribution >= 4 is 52.8 Å². The zero-order valence-electron chi connectivity index (χ0n) is 61.5. The Bertz CT molecular complexity index is 3950. The lowest BCUT2D eigenvalue weighted by molar-refractivity contribution is -0.138. The molecular weight excluding hydrogens is 1410 g/mol. The van der Waals surface area contributed by atoms with Crippen molar-refractivity contribution in [1.29, 1.82) is 0 Å². The van der Waals surface area contributed by atoms with Gasteiger partial charge in [-0.15, -0.1) is 0 Å². The third-order valence-corrected chi connectivity index (χ3v) is 19.7.